The zero-order chi connectivity index (χ0) is 25.9. The Morgan fingerprint density at radius 3 is 2.47 bits per heavy atom. The van der Waals surface area contributed by atoms with E-state index in [4.69, 9.17) is 16.2 Å². The number of alkyl halides is 3. The van der Waals surface area contributed by atoms with Crippen molar-refractivity contribution in [3.63, 3.8) is 0 Å². The van der Waals surface area contributed by atoms with Crippen LogP contribution in [0.3, 0.4) is 0 Å². The minimum atomic E-state index is -4.75. The number of carbonyl (C=O) groups is 1. The molecule has 0 aliphatic carbocycles. The Bertz CT molecular complexity index is 1340. The number of nitrogens with two attached hydrogens (primary N) is 2. The summed E-state index contributed by atoms with van der Waals surface area (Å²) < 4.78 is 48.0. The van der Waals surface area contributed by atoms with Crippen LogP contribution in [-0.4, -0.2) is 33.0 Å². The summed E-state index contributed by atoms with van der Waals surface area (Å²) in [6.45, 7) is 1.42. The zero-order valence-electron chi connectivity index (χ0n) is 19.1. The van der Waals surface area contributed by atoms with E-state index in [-0.39, 0.29) is 28.9 Å². The van der Waals surface area contributed by atoms with Crippen molar-refractivity contribution in [2.75, 3.05) is 5.73 Å². The van der Waals surface area contributed by atoms with Gasteiger partial charge in [0.15, 0.2) is 0 Å². The standard InChI is InChI=1S/C25H22F3N5O2S/c1-14(34)19(29)12-15-6-8-16(9-7-15)20-13-21(33-24(30)32-20)35-22(25(26,27)28)17-4-2-3-5-18(17)23-31-10-11-36-23/h2-11,13,19,22H,12,29H2,1H3,(H2,30,32,33)/t19-,22?/m0/s1. The molecule has 1 unspecified atom stereocenters. The Hall–Kier alpha value is -3.83. The molecule has 0 bridgehead atoms. The minimum Gasteiger partial charge on any atom is -0.460 e. The highest BCUT2D eigenvalue weighted by Crippen LogP contribution is 2.41. The van der Waals surface area contributed by atoms with Crippen LogP contribution in [0.15, 0.2) is 66.2 Å². The lowest BCUT2D eigenvalue weighted by Crippen LogP contribution is -2.30. The third kappa shape index (κ3) is 5.86. The van der Waals surface area contributed by atoms with Gasteiger partial charge < -0.3 is 16.2 Å². The topological polar surface area (TPSA) is 117 Å². The normalized spacial score (nSPS) is 13.2. The Balaban J connectivity index is 1.65. The van der Waals surface area contributed by atoms with Gasteiger partial charge in [0.05, 0.1) is 11.7 Å². The lowest BCUT2D eigenvalue weighted by Gasteiger charge is -2.23. The molecule has 36 heavy (non-hydrogen) atoms. The molecule has 2 atom stereocenters. The quantitative estimate of drug-likeness (QED) is 0.341. The smallest absolute Gasteiger partial charge is 0.429 e. The summed E-state index contributed by atoms with van der Waals surface area (Å²) in [5.41, 5.74) is 13.5. The number of benzene rings is 2. The third-order valence-electron chi connectivity index (χ3n) is 5.39. The molecule has 0 saturated carbocycles. The number of ether oxygens (including phenoxy) is 1. The van der Waals surface area contributed by atoms with Crippen molar-refractivity contribution in [1.29, 1.82) is 0 Å². The molecule has 0 saturated heterocycles. The van der Waals surface area contributed by atoms with Crippen LogP contribution in [0.4, 0.5) is 19.1 Å². The summed E-state index contributed by atoms with van der Waals surface area (Å²) >= 11 is 1.23. The molecule has 0 amide bonds. The molecule has 7 nitrogen and oxygen atoms in total. The van der Waals surface area contributed by atoms with Crippen molar-refractivity contribution in [2.45, 2.75) is 31.7 Å². The molecule has 2 aromatic heterocycles. The van der Waals surface area contributed by atoms with Crippen LogP contribution in [0, 0.1) is 0 Å². The molecular formula is C25H22F3N5O2S. The van der Waals surface area contributed by atoms with Gasteiger partial charge >= 0.3 is 6.18 Å². The third-order valence-corrected chi connectivity index (χ3v) is 6.20. The molecule has 4 aromatic rings. The molecule has 2 heterocycles. The van der Waals surface area contributed by atoms with Crippen molar-refractivity contribution < 1.29 is 22.7 Å². The van der Waals surface area contributed by atoms with Crippen LogP contribution in [0.1, 0.15) is 24.2 Å². The van der Waals surface area contributed by atoms with E-state index in [0.717, 1.165) is 5.56 Å². The van der Waals surface area contributed by atoms with Gasteiger partial charge in [-0.15, -0.1) is 11.3 Å². The summed E-state index contributed by atoms with van der Waals surface area (Å²) in [7, 11) is 0. The average molecular weight is 514 g/mol. The van der Waals surface area contributed by atoms with Gasteiger partial charge in [0, 0.05) is 34.3 Å². The first-order valence-corrected chi connectivity index (χ1v) is 11.7. The monoisotopic (exact) mass is 513 g/mol. The molecule has 0 spiro atoms. The molecule has 0 aliphatic heterocycles. The fourth-order valence-electron chi connectivity index (χ4n) is 3.56. The minimum absolute atomic E-state index is 0.0927. The number of Topliss-reactive ketones (excluding diaryl/α,β-unsaturated/α-hetero) is 1. The van der Waals surface area contributed by atoms with E-state index in [0.29, 0.717) is 22.6 Å². The molecule has 4 N–H and O–H groups in total. The lowest BCUT2D eigenvalue weighted by molar-refractivity contribution is -0.198. The Kier molecular flexibility index (Phi) is 7.32. The summed E-state index contributed by atoms with van der Waals surface area (Å²) in [5.74, 6) is -0.684. The highest BCUT2D eigenvalue weighted by atomic mass is 32.1. The fraction of sp³-hybridized carbons (Fsp3) is 0.200. The molecule has 11 heteroatoms. The van der Waals surface area contributed by atoms with E-state index in [1.807, 2.05) is 0 Å². The number of aromatic nitrogens is 3. The Morgan fingerprint density at radius 1 is 1.11 bits per heavy atom. The van der Waals surface area contributed by atoms with E-state index in [9.17, 15) is 18.0 Å². The van der Waals surface area contributed by atoms with Gasteiger partial charge in [-0.3, -0.25) is 4.79 Å². The van der Waals surface area contributed by atoms with E-state index >= 15 is 0 Å². The first-order valence-electron chi connectivity index (χ1n) is 10.8. The number of carbonyl (C=O) groups excluding carboxylic acids is 1. The van der Waals surface area contributed by atoms with Gasteiger partial charge in [-0.05, 0) is 18.9 Å². The van der Waals surface area contributed by atoms with Gasteiger partial charge in [0.1, 0.15) is 10.8 Å². The number of nitrogens with zero attached hydrogens (tertiary/aromatic N) is 3. The van der Waals surface area contributed by atoms with Crippen LogP contribution < -0.4 is 16.2 Å². The van der Waals surface area contributed by atoms with E-state index < -0.39 is 18.3 Å². The van der Waals surface area contributed by atoms with Crippen LogP contribution in [0.25, 0.3) is 21.8 Å². The predicted molar refractivity (Wildman–Crippen MR) is 131 cm³/mol. The molecule has 2 aromatic carbocycles. The van der Waals surface area contributed by atoms with Gasteiger partial charge in [-0.25, -0.2) is 9.97 Å². The summed E-state index contributed by atoms with van der Waals surface area (Å²) in [4.78, 5) is 23.6. The second-order valence-corrected chi connectivity index (χ2v) is 8.93. The SMILES string of the molecule is CC(=O)[C@@H](N)Cc1ccc(-c2cc(OC(c3ccccc3-c3nccs3)C(F)(F)F)nc(N)n2)cc1. The first-order chi connectivity index (χ1) is 17.1. The number of hydrogen-bond acceptors (Lipinski definition) is 8. The summed E-state index contributed by atoms with van der Waals surface area (Å²) in [5, 5.41) is 2.13. The maximum Gasteiger partial charge on any atom is 0.429 e. The van der Waals surface area contributed by atoms with Gasteiger partial charge in [0.25, 0.3) is 0 Å². The average Bonchev–Trinajstić information content (AvgIpc) is 3.37. The van der Waals surface area contributed by atoms with E-state index in [2.05, 4.69) is 15.0 Å². The van der Waals surface area contributed by atoms with Crippen molar-refractivity contribution >= 4 is 23.1 Å². The Morgan fingerprint density at radius 2 is 1.83 bits per heavy atom. The number of hydrogen-bond donors (Lipinski definition) is 2. The molecule has 4 rings (SSSR count). The molecular weight excluding hydrogens is 491 g/mol. The van der Waals surface area contributed by atoms with E-state index in [1.54, 1.807) is 41.8 Å². The van der Waals surface area contributed by atoms with Gasteiger partial charge in [-0.1, -0.05) is 48.5 Å². The number of thiazole rings is 1. The van der Waals surface area contributed by atoms with Crippen LogP contribution in [0.5, 0.6) is 5.88 Å². The number of rotatable bonds is 8. The zero-order valence-corrected chi connectivity index (χ0v) is 19.9. The molecule has 0 fully saturated rings. The Labute approximate surface area is 209 Å². The number of ketones is 1. The highest BCUT2D eigenvalue weighted by Gasteiger charge is 2.44. The fourth-order valence-corrected chi connectivity index (χ4v) is 4.25. The molecule has 0 aliphatic rings. The second-order valence-electron chi connectivity index (χ2n) is 8.03. The van der Waals surface area contributed by atoms with Crippen molar-refractivity contribution in [3.05, 3.63) is 77.3 Å². The maximum atomic E-state index is 14.2. The summed E-state index contributed by atoms with van der Waals surface area (Å²) in [6.07, 6.45) is -5.17. The van der Waals surface area contributed by atoms with Gasteiger partial charge in [0.2, 0.25) is 17.9 Å². The molecule has 186 valence electrons. The molecule has 0 radical (unpaired) electrons. The van der Waals surface area contributed by atoms with Crippen molar-refractivity contribution in [1.82, 2.24) is 15.0 Å². The number of anilines is 1. The number of nitrogen functional groups attached to an aromatic ring is 1. The predicted octanol–water partition coefficient (Wildman–Crippen LogP) is 4.99. The van der Waals surface area contributed by atoms with Gasteiger partial charge in [-0.2, -0.15) is 18.2 Å². The van der Waals surface area contributed by atoms with Crippen molar-refractivity contribution in [3.8, 4) is 27.7 Å². The van der Waals surface area contributed by atoms with Crippen LogP contribution in [0.2, 0.25) is 0 Å². The number of halogens is 3. The first kappa shape index (κ1) is 25.3. The highest BCUT2D eigenvalue weighted by molar-refractivity contribution is 7.13. The van der Waals surface area contributed by atoms with Crippen LogP contribution in [-0.2, 0) is 11.2 Å². The van der Waals surface area contributed by atoms with E-state index in [1.165, 1.54) is 42.7 Å². The lowest BCUT2D eigenvalue weighted by atomic mass is 10.0. The van der Waals surface area contributed by atoms with Crippen LogP contribution >= 0.6 is 11.3 Å². The second kappa shape index (κ2) is 10.4. The maximum absolute atomic E-state index is 14.2. The largest absolute Gasteiger partial charge is 0.460 e. The van der Waals surface area contributed by atoms with Crippen molar-refractivity contribution in [2.24, 2.45) is 5.73 Å². The summed E-state index contributed by atoms with van der Waals surface area (Å²) in [6, 6.07) is 13.7.